The van der Waals surface area contributed by atoms with Gasteiger partial charge in [0.25, 0.3) is 0 Å². The normalized spacial score (nSPS) is 10.3. The molecule has 0 bridgehead atoms. The maximum atomic E-state index is 12.8. The van der Waals surface area contributed by atoms with Crippen LogP contribution in [0.1, 0.15) is 5.56 Å². The summed E-state index contributed by atoms with van der Waals surface area (Å²) >= 11 is 1.37. The van der Waals surface area contributed by atoms with Gasteiger partial charge in [-0.05, 0) is 42.4 Å². The maximum absolute atomic E-state index is 12.8. The summed E-state index contributed by atoms with van der Waals surface area (Å²) in [5, 5.41) is 1.48. The Bertz CT molecular complexity index is 474. The third kappa shape index (κ3) is 2.53. The second-order valence-electron chi connectivity index (χ2n) is 3.03. The van der Waals surface area contributed by atoms with Gasteiger partial charge in [-0.1, -0.05) is 12.1 Å². The van der Waals surface area contributed by atoms with Crippen molar-refractivity contribution >= 4 is 11.8 Å². The van der Waals surface area contributed by atoms with Crippen molar-refractivity contribution < 1.29 is 4.39 Å². The van der Waals surface area contributed by atoms with Gasteiger partial charge in [0, 0.05) is 6.20 Å². The van der Waals surface area contributed by atoms with E-state index in [-0.39, 0.29) is 0 Å². The van der Waals surface area contributed by atoms with Gasteiger partial charge in [-0.25, -0.2) is 9.97 Å². The summed E-state index contributed by atoms with van der Waals surface area (Å²) in [6, 6.07) is 8.58. The molecule has 2 aromatic rings. The van der Waals surface area contributed by atoms with Crippen LogP contribution in [0.15, 0.2) is 46.6 Å². The quantitative estimate of drug-likeness (QED) is 0.727. The second-order valence-corrected chi connectivity index (χ2v) is 4.04. The number of hydrogen-bond acceptors (Lipinski definition) is 3. The smallest absolute Gasteiger partial charge is 0.213 e. The Morgan fingerprint density at radius 1 is 1.20 bits per heavy atom. The lowest BCUT2D eigenvalue weighted by Crippen LogP contribution is -1.87. The van der Waals surface area contributed by atoms with E-state index in [0.717, 1.165) is 10.6 Å². The van der Waals surface area contributed by atoms with E-state index in [9.17, 15) is 4.39 Å². The van der Waals surface area contributed by atoms with Gasteiger partial charge in [-0.2, -0.15) is 4.39 Å². The molecule has 2 rings (SSSR count). The van der Waals surface area contributed by atoms with Crippen LogP contribution in [0.5, 0.6) is 0 Å². The molecule has 0 aliphatic rings. The summed E-state index contributed by atoms with van der Waals surface area (Å²) < 4.78 is 12.8. The molecule has 15 heavy (non-hydrogen) atoms. The number of aryl methyl sites for hydroxylation is 1. The van der Waals surface area contributed by atoms with Gasteiger partial charge in [0.1, 0.15) is 10.1 Å². The van der Waals surface area contributed by atoms with Crippen molar-refractivity contribution in [3.8, 4) is 0 Å². The van der Waals surface area contributed by atoms with Crippen LogP contribution in [0.2, 0.25) is 0 Å². The minimum Gasteiger partial charge on any atom is -0.249 e. The van der Waals surface area contributed by atoms with Crippen LogP contribution in [0.4, 0.5) is 4.39 Å². The van der Waals surface area contributed by atoms with Gasteiger partial charge in [0.05, 0.1) is 0 Å². The molecule has 2 aromatic heterocycles. The Labute approximate surface area is 91.6 Å². The molecular weight excluding hydrogens is 211 g/mol. The highest BCUT2D eigenvalue weighted by Crippen LogP contribution is 2.26. The average molecular weight is 220 g/mol. The monoisotopic (exact) mass is 220 g/mol. The van der Waals surface area contributed by atoms with Gasteiger partial charge in [0.15, 0.2) is 0 Å². The molecule has 0 N–H and O–H groups in total. The molecule has 0 unspecified atom stereocenters. The fourth-order valence-electron chi connectivity index (χ4n) is 1.12. The third-order valence-corrected chi connectivity index (χ3v) is 2.91. The number of aromatic nitrogens is 2. The van der Waals surface area contributed by atoms with Crippen molar-refractivity contribution in [2.75, 3.05) is 0 Å². The van der Waals surface area contributed by atoms with Gasteiger partial charge in [-0.15, -0.1) is 0 Å². The minimum atomic E-state index is -0.464. The number of nitrogens with zero attached hydrogens (tertiary/aromatic N) is 2. The van der Waals surface area contributed by atoms with Crippen LogP contribution in [-0.2, 0) is 0 Å². The van der Waals surface area contributed by atoms with E-state index in [4.69, 9.17) is 0 Å². The number of hydrogen-bond donors (Lipinski definition) is 0. The Kier molecular flexibility index (Phi) is 2.97. The SMILES string of the molecule is Cc1cccnc1Sc1cccc(F)n1. The molecule has 0 amide bonds. The number of rotatable bonds is 2. The van der Waals surface area contributed by atoms with Crippen LogP contribution in [0.3, 0.4) is 0 Å². The van der Waals surface area contributed by atoms with Crippen LogP contribution in [-0.4, -0.2) is 9.97 Å². The Morgan fingerprint density at radius 3 is 2.80 bits per heavy atom. The van der Waals surface area contributed by atoms with E-state index in [1.807, 2.05) is 19.1 Å². The predicted octanol–water partition coefficient (Wildman–Crippen LogP) is 3.08. The summed E-state index contributed by atoms with van der Waals surface area (Å²) in [5.74, 6) is -0.464. The standard InChI is InChI=1S/C11H9FN2S/c1-8-4-3-7-13-11(8)15-10-6-2-5-9(12)14-10/h2-7H,1H3. The summed E-state index contributed by atoms with van der Waals surface area (Å²) in [7, 11) is 0. The van der Waals surface area contributed by atoms with Crippen molar-refractivity contribution in [1.29, 1.82) is 0 Å². The van der Waals surface area contributed by atoms with Crippen LogP contribution in [0, 0.1) is 12.9 Å². The van der Waals surface area contributed by atoms with Gasteiger partial charge in [0.2, 0.25) is 5.95 Å². The van der Waals surface area contributed by atoms with E-state index < -0.39 is 5.95 Å². The third-order valence-electron chi connectivity index (χ3n) is 1.85. The second kappa shape index (κ2) is 4.40. The van der Waals surface area contributed by atoms with E-state index in [1.54, 1.807) is 18.3 Å². The lowest BCUT2D eigenvalue weighted by molar-refractivity contribution is 0.572. The molecule has 0 aliphatic heterocycles. The summed E-state index contributed by atoms with van der Waals surface area (Å²) in [5.41, 5.74) is 1.06. The van der Waals surface area contributed by atoms with Gasteiger partial charge >= 0.3 is 0 Å². The largest absolute Gasteiger partial charge is 0.249 e. The molecule has 0 aromatic carbocycles. The molecule has 4 heteroatoms. The fourth-order valence-corrected chi connectivity index (χ4v) is 1.94. The summed E-state index contributed by atoms with van der Waals surface area (Å²) in [6.45, 7) is 1.97. The molecule has 0 radical (unpaired) electrons. The molecule has 0 fully saturated rings. The Balaban J connectivity index is 2.26. The molecule has 0 atom stereocenters. The van der Waals surface area contributed by atoms with Crippen molar-refractivity contribution in [3.05, 3.63) is 48.0 Å². The highest BCUT2D eigenvalue weighted by Gasteiger charge is 2.03. The number of halogens is 1. The average Bonchev–Trinajstić information content (AvgIpc) is 2.22. The van der Waals surface area contributed by atoms with Crippen molar-refractivity contribution in [3.63, 3.8) is 0 Å². The van der Waals surface area contributed by atoms with Crippen molar-refractivity contribution in [1.82, 2.24) is 9.97 Å². The summed E-state index contributed by atoms with van der Waals surface area (Å²) in [6.07, 6.45) is 1.72. The first-order valence-corrected chi connectivity index (χ1v) is 5.29. The zero-order valence-corrected chi connectivity index (χ0v) is 8.96. The van der Waals surface area contributed by atoms with Gasteiger partial charge in [-0.3, -0.25) is 0 Å². The lowest BCUT2D eigenvalue weighted by Gasteiger charge is -2.02. The van der Waals surface area contributed by atoms with Crippen LogP contribution in [0.25, 0.3) is 0 Å². The molecule has 0 spiro atoms. The highest BCUT2D eigenvalue weighted by molar-refractivity contribution is 7.99. The van der Waals surface area contributed by atoms with Crippen molar-refractivity contribution in [2.24, 2.45) is 0 Å². The van der Waals surface area contributed by atoms with E-state index in [2.05, 4.69) is 9.97 Å². The number of pyridine rings is 2. The molecule has 2 heterocycles. The topological polar surface area (TPSA) is 25.8 Å². The fraction of sp³-hybridized carbons (Fsp3) is 0.0909. The highest BCUT2D eigenvalue weighted by atomic mass is 32.2. The first kappa shape index (κ1) is 10.1. The first-order chi connectivity index (χ1) is 7.25. The van der Waals surface area contributed by atoms with Crippen LogP contribution < -0.4 is 0 Å². The Morgan fingerprint density at radius 2 is 2.07 bits per heavy atom. The Hall–Kier alpha value is -1.42. The molecular formula is C11H9FN2S. The summed E-state index contributed by atoms with van der Waals surface area (Å²) in [4.78, 5) is 7.97. The van der Waals surface area contributed by atoms with Crippen LogP contribution >= 0.6 is 11.8 Å². The van der Waals surface area contributed by atoms with E-state index in [0.29, 0.717) is 5.03 Å². The molecule has 0 aliphatic carbocycles. The minimum absolute atomic E-state index is 0.464. The zero-order chi connectivity index (χ0) is 10.7. The molecule has 2 nitrogen and oxygen atoms in total. The first-order valence-electron chi connectivity index (χ1n) is 4.48. The van der Waals surface area contributed by atoms with Gasteiger partial charge < -0.3 is 0 Å². The molecule has 0 saturated carbocycles. The zero-order valence-electron chi connectivity index (χ0n) is 8.14. The van der Waals surface area contributed by atoms with Crippen molar-refractivity contribution in [2.45, 2.75) is 17.0 Å². The molecule has 0 saturated heterocycles. The van der Waals surface area contributed by atoms with E-state index >= 15 is 0 Å². The lowest BCUT2D eigenvalue weighted by atomic mass is 10.3. The molecule has 76 valence electrons. The van der Waals surface area contributed by atoms with E-state index in [1.165, 1.54) is 17.8 Å². The predicted molar refractivity (Wildman–Crippen MR) is 57.3 cm³/mol. The maximum Gasteiger partial charge on any atom is 0.213 e.